The largest absolute Gasteiger partial charge is 0.340 e. The molecule has 0 bridgehead atoms. The minimum Gasteiger partial charge on any atom is -0.340 e. The highest BCUT2D eigenvalue weighted by Crippen LogP contribution is 2.41. The Balaban J connectivity index is 1.53. The molecule has 1 aromatic heterocycles. The Hall–Kier alpha value is -4.29. The molecule has 2 fully saturated rings. The average Bonchev–Trinajstić information content (AvgIpc) is 3.56. The number of nitrogens with one attached hydrogen (secondary N) is 2. The highest BCUT2D eigenvalue weighted by Gasteiger charge is 2.69. The van der Waals surface area contributed by atoms with Crippen LogP contribution in [-0.2, 0) is 31.3 Å². The lowest BCUT2D eigenvalue weighted by Crippen LogP contribution is -2.65. The van der Waals surface area contributed by atoms with E-state index in [0.717, 1.165) is 10.5 Å². The third-order valence-electron chi connectivity index (χ3n) is 8.19. The monoisotopic (exact) mass is 620 g/mol. The zero-order valence-electron chi connectivity index (χ0n) is 24.5. The quantitative estimate of drug-likeness (QED) is 0.411. The summed E-state index contributed by atoms with van der Waals surface area (Å²) in [5, 5.41) is 4.19. The van der Waals surface area contributed by atoms with Crippen molar-refractivity contribution >= 4 is 32.6 Å². The summed E-state index contributed by atoms with van der Waals surface area (Å²) >= 11 is 0. The minimum atomic E-state index is -5.02. The number of pyridine rings is 1. The average molecular weight is 621 g/mol. The van der Waals surface area contributed by atoms with Gasteiger partial charge < -0.3 is 15.5 Å². The number of carbonyl (C=O) groups is 4. The molecule has 0 aliphatic carbocycles. The van der Waals surface area contributed by atoms with Gasteiger partial charge in [-0.3, -0.25) is 24.2 Å². The summed E-state index contributed by atoms with van der Waals surface area (Å²) in [7, 11) is -5.02. The molecule has 2 aliphatic heterocycles. The summed E-state index contributed by atoms with van der Waals surface area (Å²) in [6, 6.07) is 14.0. The lowest BCUT2D eigenvalue weighted by molar-refractivity contribution is -0.139. The predicted molar refractivity (Wildman–Crippen MR) is 160 cm³/mol. The second-order valence-corrected chi connectivity index (χ2v) is 14.0. The van der Waals surface area contributed by atoms with Crippen molar-refractivity contribution in [2.24, 2.45) is 0 Å². The van der Waals surface area contributed by atoms with Crippen LogP contribution in [0.4, 0.5) is 4.39 Å². The van der Waals surface area contributed by atoms with E-state index in [4.69, 9.17) is 0 Å². The third-order valence-corrected chi connectivity index (χ3v) is 10.4. The van der Waals surface area contributed by atoms with Gasteiger partial charge in [0.2, 0.25) is 10.8 Å². The molecule has 3 unspecified atom stereocenters. The zero-order valence-corrected chi connectivity index (χ0v) is 25.4. The summed E-state index contributed by atoms with van der Waals surface area (Å²) in [5.41, 5.74) is 1.21. The maximum Gasteiger partial charge on any atom is 0.297 e. The number of nitrogens with zero attached hydrogens (tertiary/aromatic N) is 2. The van der Waals surface area contributed by atoms with Gasteiger partial charge in [0, 0.05) is 24.7 Å². The summed E-state index contributed by atoms with van der Waals surface area (Å²) in [4.78, 5) is 56.9. The molecule has 0 radical (unpaired) electrons. The Morgan fingerprint density at radius 1 is 1.07 bits per heavy atom. The van der Waals surface area contributed by atoms with Crippen molar-refractivity contribution in [2.75, 3.05) is 13.1 Å². The number of likely N-dealkylation sites (tertiary alicyclic amines) is 1. The summed E-state index contributed by atoms with van der Waals surface area (Å²) < 4.78 is 41.8. The van der Waals surface area contributed by atoms with Crippen molar-refractivity contribution in [1.29, 1.82) is 0 Å². The van der Waals surface area contributed by atoms with Crippen LogP contribution in [0, 0.1) is 5.82 Å². The molecule has 230 valence electrons. The van der Waals surface area contributed by atoms with Crippen LogP contribution in [0.25, 0.3) is 0 Å². The van der Waals surface area contributed by atoms with Gasteiger partial charge in [-0.05, 0) is 59.4 Å². The van der Waals surface area contributed by atoms with Crippen LogP contribution in [-0.4, -0.2) is 71.1 Å². The van der Waals surface area contributed by atoms with Crippen molar-refractivity contribution in [3.63, 3.8) is 0 Å². The minimum absolute atomic E-state index is 0.0810. The number of sulfone groups is 1. The van der Waals surface area contributed by atoms with Crippen LogP contribution in [0.5, 0.6) is 0 Å². The molecule has 10 nitrogen and oxygen atoms in total. The molecule has 2 aliphatic rings. The lowest BCUT2D eigenvalue weighted by atomic mass is 9.86. The van der Waals surface area contributed by atoms with Crippen molar-refractivity contribution in [3.05, 3.63) is 101 Å². The highest BCUT2D eigenvalue weighted by atomic mass is 32.2. The number of benzene rings is 2. The molecule has 2 amide bonds. The van der Waals surface area contributed by atoms with Gasteiger partial charge in [-0.1, -0.05) is 51.1 Å². The van der Waals surface area contributed by atoms with Gasteiger partial charge in [-0.25, -0.2) is 12.8 Å². The fourth-order valence-electron chi connectivity index (χ4n) is 5.86. The van der Waals surface area contributed by atoms with Crippen LogP contribution in [0.15, 0.2) is 72.9 Å². The number of ketones is 1. The molecule has 0 spiro atoms. The molecule has 5 rings (SSSR count). The van der Waals surface area contributed by atoms with Crippen molar-refractivity contribution in [2.45, 2.75) is 56.0 Å². The van der Waals surface area contributed by atoms with Crippen LogP contribution in [0.1, 0.15) is 59.2 Å². The second-order valence-electron chi connectivity index (χ2n) is 12.0. The Morgan fingerprint density at radius 3 is 2.36 bits per heavy atom. The number of fused-ring (bicyclic) bond motifs is 1. The van der Waals surface area contributed by atoms with E-state index in [1.165, 1.54) is 48.7 Å². The van der Waals surface area contributed by atoms with E-state index < -0.39 is 55.3 Å². The number of amides is 2. The van der Waals surface area contributed by atoms with Crippen LogP contribution in [0.2, 0.25) is 0 Å². The van der Waals surface area contributed by atoms with E-state index in [1.807, 2.05) is 32.9 Å². The molecule has 12 heteroatoms. The van der Waals surface area contributed by atoms with Crippen LogP contribution < -0.4 is 10.6 Å². The van der Waals surface area contributed by atoms with Gasteiger partial charge in [-0.15, -0.1) is 0 Å². The van der Waals surface area contributed by atoms with Gasteiger partial charge >= 0.3 is 0 Å². The van der Waals surface area contributed by atoms with E-state index >= 15 is 0 Å². The molecule has 3 heterocycles. The standard InChI is InChI=1S/C32H33FN4O6S/c1-31(2,3)22-11-9-21(10-12-22)28(39)36-25(18-20-7-13-23(33)14-8-20)29(40)37-17-15-26-32(37,27(38)19-35-26)44(42,43)30(41)24-6-4-5-16-34-24/h4-14,16,25-26,35H,15,17-19H2,1-3H3,(H,36,39). The third kappa shape index (κ3) is 5.43. The lowest BCUT2D eigenvalue weighted by Gasteiger charge is -2.37. The number of hydrogen-bond donors (Lipinski definition) is 2. The predicted octanol–water partition coefficient (Wildman–Crippen LogP) is 2.58. The number of hydrogen-bond acceptors (Lipinski definition) is 8. The van der Waals surface area contributed by atoms with E-state index in [0.29, 0.717) is 5.56 Å². The first kappa shape index (κ1) is 31.1. The van der Waals surface area contributed by atoms with Gasteiger partial charge in [0.15, 0.2) is 5.78 Å². The summed E-state index contributed by atoms with van der Waals surface area (Å²) in [6.07, 6.45) is 1.21. The number of rotatable bonds is 7. The van der Waals surface area contributed by atoms with Crippen LogP contribution >= 0.6 is 0 Å². The van der Waals surface area contributed by atoms with Crippen molar-refractivity contribution in [1.82, 2.24) is 20.5 Å². The van der Waals surface area contributed by atoms with E-state index in [-0.39, 0.29) is 42.6 Å². The normalized spacial score (nSPS) is 20.7. The van der Waals surface area contributed by atoms with Crippen molar-refractivity contribution in [3.8, 4) is 0 Å². The Bertz CT molecular complexity index is 1710. The van der Waals surface area contributed by atoms with Gasteiger partial charge in [0.25, 0.3) is 20.9 Å². The molecular formula is C32H33FN4O6S. The van der Waals surface area contributed by atoms with Crippen LogP contribution in [0.3, 0.4) is 0 Å². The fourth-order valence-corrected chi connectivity index (χ4v) is 7.96. The molecular weight excluding hydrogens is 587 g/mol. The van der Waals surface area contributed by atoms with Gasteiger partial charge in [0.05, 0.1) is 12.6 Å². The smallest absolute Gasteiger partial charge is 0.297 e. The first-order valence-corrected chi connectivity index (χ1v) is 15.7. The maximum absolute atomic E-state index is 14.3. The number of carbonyl (C=O) groups excluding carboxylic acids is 4. The zero-order chi connectivity index (χ0) is 31.9. The Labute approximate surface area is 255 Å². The summed E-state index contributed by atoms with van der Waals surface area (Å²) in [6.45, 7) is 5.57. The molecule has 2 saturated heterocycles. The molecule has 3 atom stereocenters. The Morgan fingerprint density at radius 2 is 1.75 bits per heavy atom. The first-order chi connectivity index (χ1) is 20.8. The highest BCUT2D eigenvalue weighted by molar-refractivity contribution is 8.08. The number of aromatic nitrogens is 1. The SMILES string of the molecule is CC(C)(C)c1ccc(C(=O)NC(Cc2ccc(F)cc2)C(=O)N2CCC3NCC(=O)C32S(=O)(=O)C(=O)c2ccccn2)cc1. The molecule has 3 aromatic rings. The first-order valence-electron chi connectivity index (χ1n) is 14.2. The van der Waals surface area contributed by atoms with E-state index in [2.05, 4.69) is 15.6 Å². The molecule has 2 aromatic carbocycles. The number of Topliss-reactive ketones (excluding diaryl/α,β-unsaturated/α-hetero) is 1. The second kappa shape index (κ2) is 11.7. The Kier molecular flexibility index (Phi) is 8.25. The van der Waals surface area contributed by atoms with Gasteiger partial charge in [-0.2, -0.15) is 0 Å². The maximum atomic E-state index is 14.3. The summed E-state index contributed by atoms with van der Waals surface area (Å²) in [5.74, 6) is -2.80. The molecule has 0 saturated carbocycles. The number of halogens is 1. The van der Waals surface area contributed by atoms with E-state index in [1.54, 1.807) is 12.1 Å². The van der Waals surface area contributed by atoms with E-state index in [9.17, 15) is 32.0 Å². The molecule has 44 heavy (non-hydrogen) atoms. The van der Waals surface area contributed by atoms with Gasteiger partial charge in [0.1, 0.15) is 17.6 Å². The van der Waals surface area contributed by atoms with Crippen molar-refractivity contribution < 1.29 is 32.0 Å². The topological polar surface area (TPSA) is 143 Å². The fraction of sp³-hybridized carbons (Fsp3) is 0.344. The molecule has 2 N–H and O–H groups in total.